The van der Waals surface area contributed by atoms with E-state index in [1.54, 1.807) is 14.1 Å². The summed E-state index contributed by atoms with van der Waals surface area (Å²) < 4.78 is 26.6. The minimum absolute atomic E-state index is 0.209. The van der Waals surface area contributed by atoms with E-state index in [0.717, 1.165) is 32.1 Å². The van der Waals surface area contributed by atoms with Crippen molar-refractivity contribution in [2.24, 2.45) is 5.73 Å². The molecule has 7 heteroatoms. The molecule has 0 saturated heterocycles. The number of hydrogen-bond acceptors (Lipinski definition) is 4. The molecule has 0 aromatic carbocycles. The Hall–Kier alpha value is -0.660. The lowest BCUT2D eigenvalue weighted by molar-refractivity contribution is -0.127. The molecule has 0 bridgehead atoms. The van der Waals surface area contributed by atoms with Gasteiger partial charge in [0.05, 0.1) is 0 Å². The van der Waals surface area contributed by atoms with E-state index >= 15 is 0 Å². The molecule has 112 valence electrons. The summed E-state index contributed by atoms with van der Waals surface area (Å²) in [5, 5.41) is -1.09. The molecule has 3 N–H and O–H groups in total. The average Bonchev–Trinajstić information content (AvgIpc) is 2.35. The van der Waals surface area contributed by atoms with Crippen molar-refractivity contribution >= 4 is 15.9 Å². The summed E-state index contributed by atoms with van der Waals surface area (Å²) >= 11 is 0. The van der Waals surface area contributed by atoms with Crippen molar-refractivity contribution in [3.63, 3.8) is 0 Å². The molecule has 1 saturated carbocycles. The summed E-state index contributed by atoms with van der Waals surface area (Å²) in [4.78, 5) is 13.0. The summed E-state index contributed by atoms with van der Waals surface area (Å²) in [6, 6.07) is 0. The van der Waals surface area contributed by atoms with Crippen molar-refractivity contribution in [2.75, 3.05) is 20.6 Å². The predicted molar refractivity (Wildman–Crippen MR) is 75.1 cm³/mol. The fraction of sp³-hybridized carbons (Fsp3) is 0.917. The van der Waals surface area contributed by atoms with E-state index in [1.807, 2.05) is 0 Å². The minimum atomic E-state index is -3.66. The monoisotopic (exact) mass is 291 g/mol. The van der Waals surface area contributed by atoms with E-state index in [0.29, 0.717) is 0 Å². The summed E-state index contributed by atoms with van der Waals surface area (Å²) in [5.41, 5.74) is 5.71. The van der Waals surface area contributed by atoms with Gasteiger partial charge in [-0.3, -0.25) is 4.79 Å². The third-order valence-electron chi connectivity index (χ3n) is 3.73. The highest BCUT2D eigenvalue weighted by Crippen LogP contribution is 2.25. The maximum absolute atomic E-state index is 12.0. The Morgan fingerprint density at radius 3 is 2.32 bits per heavy atom. The molecule has 0 heterocycles. The highest BCUT2D eigenvalue weighted by molar-refractivity contribution is 7.90. The van der Waals surface area contributed by atoms with Crippen LogP contribution in [0.25, 0.3) is 0 Å². The molecule has 1 amide bonds. The van der Waals surface area contributed by atoms with Crippen LogP contribution in [0.1, 0.15) is 39.0 Å². The zero-order valence-corrected chi connectivity index (χ0v) is 12.8. The van der Waals surface area contributed by atoms with E-state index < -0.39 is 26.7 Å². The first-order valence-corrected chi connectivity index (χ1v) is 8.21. The zero-order chi connectivity index (χ0) is 14.7. The van der Waals surface area contributed by atoms with Crippen LogP contribution in [0.2, 0.25) is 0 Å². The Kier molecular flexibility index (Phi) is 5.34. The van der Waals surface area contributed by atoms with Crippen LogP contribution in [-0.2, 0) is 14.8 Å². The number of nitrogens with one attached hydrogen (secondary N) is 1. The molecule has 1 atom stereocenters. The van der Waals surface area contributed by atoms with Gasteiger partial charge in [-0.2, -0.15) is 0 Å². The number of carbonyl (C=O) groups excluding carboxylic acids is 1. The lowest BCUT2D eigenvalue weighted by atomic mass is 9.83. The number of nitrogens with zero attached hydrogens (tertiary/aromatic N) is 1. The predicted octanol–water partition coefficient (Wildman–Crippen LogP) is 0.0441. The Labute approximate surface area is 115 Å². The van der Waals surface area contributed by atoms with Crippen LogP contribution >= 0.6 is 0 Å². The summed E-state index contributed by atoms with van der Waals surface area (Å²) in [7, 11) is -0.580. The Balaban J connectivity index is 2.62. The quantitative estimate of drug-likeness (QED) is 0.748. The van der Waals surface area contributed by atoms with Gasteiger partial charge in [-0.1, -0.05) is 19.3 Å². The van der Waals surface area contributed by atoms with Crippen LogP contribution in [0.15, 0.2) is 0 Å². The number of sulfonamides is 1. The van der Waals surface area contributed by atoms with Gasteiger partial charge in [0.1, 0.15) is 0 Å². The van der Waals surface area contributed by atoms with Crippen molar-refractivity contribution in [2.45, 2.75) is 49.8 Å². The number of hydrogen-bond donors (Lipinski definition) is 2. The molecule has 1 aliphatic carbocycles. The lowest BCUT2D eigenvalue weighted by Gasteiger charge is -2.33. The Bertz CT molecular complexity index is 414. The normalized spacial score (nSPS) is 20.8. The second-order valence-corrected chi connectivity index (χ2v) is 7.75. The van der Waals surface area contributed by atoms with Crippen molar-refractivity contribution in [1.29, 1.82) is 0 Å². The van der Waals surface area contributed by atoms with Gasteiger partial charge in [-0.05, 0) is 19.8 Å². The van der Waals surface area contributed by atoms with Gasteiger partial charge in [-0.25, -0.2) is 13.1 Å². The van der Waals surface area contributed by atoms with Gasteiger partial charge in [0.25, 0.3) is 0 Å². The second-order valence-electron chi connectivity index (χ2n) is 5.66. The SMILES string of the molecule is CC(C(=O)N(C)C)S(=O)(=O)NCC1(N)CCCCC1. The molecule has 0 aromatic rings. The third kappa shape index (κ3) is 4.43. The van der Waals surface area contributed by atoms with Gasteiger partial charge < -0.3 is 10.6 Å². The first kappa shape index (κ1) is 16.4. The number of nitrogens with two attached hydrogens (primary N) is 1. The van der Waals surface area contributed by atoms with Gasteiger partial charge in [0, 0.05) is 26.2 Å². The van der Waals surface area contributed by atoms with Crippen molar-refractivity contribution in [3.8, 4) is 0 Å². The molecule has 0 radical (unpaired) electrons. The average molecular weight is 291 g/mol. The smallest absolute Gasteiger partial charge is 0.241 e. The maximum Gasteiger partial charge on any atom is 0.241 e. The molecule has 0 aromatic heterocycles. The summed E-state index contributed by atoms with van der Waals surface area (Å²) in [5.74, 6) is -0.429. The Morgan fingerprint density at radius 1 is 1.32 bits per heavy atom. The van der Waals surface area contributed by atoms with Crippen LogP contribution in [0.3, 0.4) is 0 Å². The standard InChI is InChI=1S/C12H25N3O3S/c1-10(11(16)15(2)3)19(17,18)14-9-12(13)7-5-4-6-8-12/h10,14H,4-9,13H2,1-3H3. The van der Waals surface area contributed by atoms with E-state index in [2.05, 4.69) is 4.72 Å². The Morgan fingerprint density at radius 2 is 1.84 bits per heavy atom. The van der Waals surface area contributed by atoms with Crippen LogP contribution in [-0.4, -0.2) is 50.7 Å². The van der Waals surface area contributed by atoms with E-state index in [4.69, 9.17) is 5.73 Å². The van der Waals surface area contributed by atoms with Gasteiger partial charge in [0.2, 0.25) is 15.9 Å². The second kappa shape index (κ2) is 6.19. The molecule has 0 aliphatic heterocycles. The third-order valence-corrected chi connectivity index (χ3v) is 5.41. The maximum atomic E-state index is 12.0. The molecule has 1 rings (SSSR count). The first-order chi connectivity index (χ1) is 8.68. The molecular formula is C12H25N3O3S. The highest BCUT2D eigenvalue weighted by Gasteiger charge is 2.33. The molecule has 1 unspecified atom stereocenters. The fourth-order valence-corrected chi connectivity index (χ4v) is 3.51. The van der Waals surface area contributed by atoms with Gasteiger partial charge in [0.15, 0.2) is 5.25 Å². The molecule has 1 fully saturated rings. The van der Waals surface area contributed by atoms with Crippen LogP contribution in [0.4, 0.5) is 0 Å². The first-order valence-electron chi connectivity index (χ1n) is 6.66. The van der Waals surface area contributed by atoms with E-state index in [9.17, 15) is 13.2 Å². The molecular weight excluding hydrogens is 266 g/mol. The molecule has 0 spiro atoms. The van der Waals surface area contributed by atoms with Crippen LogP contribution in [0.5, 0.6) is 0 Å². The van der Waals surface area contributed by atoms with Gasteiger partial charge in [-0.15, -0.1) is 0 Å². The highest BCUT2D eigenvalue weighted by atomic mass is 32.2. The summed E-state index contributed by atoms with van der Waals surface area (Å²) in [6.45, 7) is 1.61. The molecule has 6 nitrogen and oxygen atoms in total. The number of amides is 1. The van der Waals surface area contributed by atoms with Crippen molar-refractivity contribution in [3.05, 3.63) is 0 Å². The number of carbonyl (C=O) groups is 1. The molecule has 1 aliphatic rings. The minimum Gasteiger partial charge on any atom is -0.348 e. The lowest BCUT2D eigenvalue weighted by Crippen LogP contribution is -2.53. The van der Waals surface area contributed by atoms with E-state index in [1.165, 1.54) is 11.8 Å². The van der Waals surface area contributed by atoms with Crippen molar-refractivity contribution in [1.82, 2.24) is 9.62 Å². The molecule has 19 heavy (non-hydrogen) atoms. The zero-order valence-electron chi connectivity index (χ0n) is 12.0. The summed E-state index contributed by atoms with van der Waals surface area (Å²) in [6.07, 6.45) is 4.87. The number of rotatable bonds is 5. The van der Waals surface area contributed by atoms with Crippen LogP contribution in [0, 0.1) is 0 Å². The van der Waals surface area contributed by atoms with Gasteiger partial charge >= 0.3 is 0 Å². The van der Waals surface area contributed by atoms with Crippen molar-refractivity contribution < 1.29 is 13.2 Å². The van der Waals surface area contributed by atoms with E-state index in [-0.39, 0.29) is 6.54 Å². The largest absolute Gasteiger partial charge is 0.348 e. The van der Waals surface area contributed by atoms with Crippen LogP contribution < -0.4 is 10.5 Å². The topological polar surface area (TPSA) is 92.5 Å². The fourth-order valence-electron chi connectivity index (χ4n) is 2.30.